The minimum Gasteiger partial charge on any atom is -0.504 e. The summed E-state index contributed by atoms with van der Waals surface area (Å²) in [4.78, 5) is 10.7. The molecule has 1 heterocycles. The molecule has 1 aromatic heterocycles. The van der Waals surface area contributed by atoms with E-state index in [1.807, 2.05) is 27.7 Å². The Hall–Kier alpha value is -1.52. The molecule has 0 aromatic carbocycles. The average molecular weight is 212 g/mol. The van der Waals surface area contributed by atoms with Crippen LogP contribution in [0.2, 0.25) is 0 Å². The van der Waals surface area contributed by atoms with Crippen LogP contribution in [0.15, 0.2) is 6.20 Å². The third-order valence-corrected chi connectivity index (χ3v) is 2.57. The van der Waals surface area contributed by atoms with Crippen molar-refractivity contribution < 1.29 is 15.0 Å². The minimum absolute atomic E-state index is 0.0106. The molecule has 0 fully saturated rings. The minimum atomic E-state index is -1.22. The largest absolute Gasteiger partial charge is 0.504 e. The van der Waals surface area contributed by atoms with Gasteiger partial charge in [-0.2, -0.15) is 5.10 Å². The highest BCUT2D eigenvalue weighted by Crippen LogP contribution is 2.31. The van der Waals surface area contributed by atoms with Gasteiger partial charge in [-0.25, -0.2) is 4.79 Å². The van der Waals surface area contributed by atoms with E-state index in [4.69, 9.17) is 5.11 Å². The molecular weight excluding hydrogens is 196 g/mol. The monoisotopic (exact) mass is 212 g/mol. The summed E-state index contributed by atoms with van der Waals surface area (Å²) in [7, 11) is 0. The SMILES string of the molecule is CC(n1cc(O)c(C(=O)O)n1)C(C)(C)C. The Morgan fingerprint density at radius 3 is 2.40 bits per heavy atom. The van der Waals surface area contributed by atoms with Gasteiger partial charge in [-0.05, 0) is 12.3 Å². The van der Waals surface area contributed by atoms with Crippen molar-refractivity contribution in [3.8, 4) is 5.75 Å². The number of hydrogen-bond donors (Lipinski definition) is 2. The molecule has 2 N–H and O–H groups in total. The van der Waals surface area contributed by atoms with Crippen LogP contribution < -0.4 is 0 Å². The van der Waals surface area contributed by atoms with E-state index in [1.54, 1.807) is 0 Å². The Bertz CT molecular complexity index is 377. The van der Waals surface area contributed by atoms with Crippen LogP contribution in [0.1, 0.15) is 44.2 Å². The lowest BCUT2D eigenvalue weighted by atomic mass is 9.88. The first-order chi connectivity index (χ1) is 6.73. The van der Waals surface area contributed by atoms with Gasteiger partial charge in [0.15, 0.2) is 5.75 Å². The first kappa shape index (κ1) is 11.6. The van der Waals surface area contributed by atoms with E-state index in [0.717, 1.165) is 0 Å². The van der Waals surface area contributed by atoms with Gasteiger partial charge < -0.3 is 10.2 Å². The number of aromatic hydroxyl groups is 1. The number of nitrogens with zero attached hydrogens (tertiary/aromatic N) is 2. The zero-order valence-corrected chi connectivity index (χ0v) is 9.35. The summed E-state index contributed by atoms with van der Waals surface area (Å²) in [6, 6.07) is 0.0106. The van der Waals surface area contributed by atoms with Gasteiger partial charge in [0.05, 0.1) is 12.2 Å². The van der Waals surface area contributed by atoms with Crippen LogP contribution in [0.3, 0.4) is 0 Å². The van der Waals surface area contributed by atoms with E-state index >= 15 is 0 Å². The zero-order valence-electron chi connectivity index (χ0n) is 9.35. The number of carboxylic acid groups (broad SMARTS) is 1. The Morgan fingerprint density at radius 1 is 1.53 bits per heavy atom. The molecule has 5 heteroatoms. The van der Waals surface area contributed by atoms with Gasteiger partial charge >= 0.3 is 5.97 Å². The van der Waals surface area contributed by atoms with Gasteiger partial charge in [0.1, 0.15) is 0 Å². The number of aromatic carboxylic acids is 1. The number of hydrogen-bond acceptors (Lipinski definition) is 3. The average Bonchev–Trinajstić information content (AvgIpc) is 2.44. The molecule has 15 heavy (non-hydrogen) atoms. The van der Waals surface area contributed by atoms with E-state index in [9.17, 15) is 9.90 Å². The van der Waals surface area contributed by atoms with E-state index < -0.39 is 5.97 Å². The summed E-state index contributed by atoms with van der Waals surface area (Å²) in [6.45, 7) is 8.00. The molecule has 0 saturated heterocycles. The molecule has 0 aliphatic heterocycles. The van der Waals surface area contributed by atoms with Crippen LogP contribution >= 0.6 is 0 Å². The molecule has 0 radical (unpaired) electrons. The smallest absolute Gasteiger partial charge is 0.360 e. The second-order valence-corrected chi connectivity index (χ2v) is 4.69. The van der Waals surface area contributed by atoms with Gasteiger partial charge in [0.25, 0.3) is 0 Å². The van der Waals surface area contributed by atoms with E-state index in [2.05, 4.69) is 5.10 Å². The second-order valence-electron chi connectivity index (χ2n) is 4.69. The fourth-order valence-corrected chi connectivity index (χ4v) is 1.13. The van der Waals surface area contributed by atoms with Crippen molar-refractivity contribution in [1.82, 2.24) is 9.78 Å². The number of aromatic nitrogens is 2. The Labute approximate surface area is 88.3 Å². The number of carbonyl (C=O) groups is 1. The summed E-state index contributed by atoms with van der Waals surface area (Å²) >= 11 is 0. The first-order valence-electron chi connectivity index (χ1n) is 4.75. The molecule has 0 amide bonds. The summed E-state index contributed by atoms with van der Waals surface area (Å²) < 4.78 is 1.48. The van der Waals surface area contributed by atoms with Crippen LogP contribution in [0, 0.1) is 5.41 Å². The van der Waals surface area contributed by atoms with Crippen LogP contribution in [-0.2, 0) is 0 Å². The third-order valence-electron chi connectivity index (χ3n) is 2.57. The Balaban J connectivity index is 3.08. The quantitative estimate of drug-likeness (QED) is 0.785. The van der Waals surface area contributed by atoms with Gasteiger partial charge in [0.2, 0.25) is 5.69 Å². The molecule has 0 saturated carbocycles. The topological polar surface area (TPSA) is 75.4 Å². The lowest BCUT2D eigenvalue weighted by Crippen LogP contribution is -2.22. The molecular formula is C10H16N2O3. The zero-order chi connectivity index (χ0) is 11.8. The van der Waals surface area contributed by atoms with Crippen molar-refractivity contribution in [3.63, 3.8) is 0 Å². The summed E-state index contributed by atoms with van der Waals surface area (Å²) in [5, 5.41) is 21.9. The van der Waals surface area contributed by atoms with Crippen molar-refractivity contribution in [3.05, 3.63) is 11.9 Å². The van der Waals surface area contributed by atoms with Crippen molar-refractivity contribution >= 4 is 5.97 Å². The molecule has 84 valence electrons. The van der Waals surface area contributed by atoms with Gasteiger partial charge in [-0.15, -0.1) is 0 Å². The summed E-state index contributed by atoms with van der Waals surface area (Å²) in [5.74, 6) is -1.51. The van der Waals surface area contributed by atoms with Crippen LogP contribution in [0.25, 0.3) is 0 Å². The number of carboxylic acids is 1. The number of rotatable bonds is 2. The summed E-state index contributed by atoms with van der Waals surface area (Å²) in [5.41, 5.74) is -0.347. The van der Waals surface area contributed by atoms with Gasteiger partial charge in [0, 0.05) is 0 Å². The van der Waals surface area contributed by atoms with Crippen molar-refractivity contribution in [1.29, 1.82) is 0 Å². The standard InChI is InChI=1S/C10H16N2O3/c1-6(10(2,3)4)12-5-7(13)8(11-12)9(14)15/h5-6,13H,1-4H3,(H,14,15). The van der Waals surface area contributed by atoms with Crippen molar-refractivity contribution in [2.45, 2.75) is 33.7 Å². The third kappa shape index (κ3) is 2.29. The fourth-order valence-electron chi connectivity index (χ4n) is 1.13. The normalized spacial score (nSPS) is 13.9. The molecule has 1 unspecified atom stereocenters. The van der Waals surface area contributed by atoms with E-state index in [-0.39, 0.29) is 22.9 Å². The van der Waals surface area contributed by atoms with Crippen LogP contribution in [0.5, 0.6) is 5.75 Å². The molecule has 1 aromatic rings. The van der Waals surface area contributed by atoms with Gasteiger partial charge in [-0.3, -0.25) is 4.68 Å². The predicted octanol–water partition coefficient (Wildman–Crippen LogP) is 1.89. The predicted molar refractivity (Wildman–Crippen MR) is 55.0 cm³/mol. The lowest BCUT2D eigenvalue weighted by Gasteiger charge is -2.27. The van der Waals surface area contributed by atoms with E-state index in [0.29, 0.717) is 0 Å². The Morgan fingerprint density at radius 2 is 2.07 bits per heavy atom. The maximum Gasteiger partial charge on any atom is 0.360 e. The van der Waals surface area contributed by atoms with E-state index in [1.165, 1.54) is 10.9 Å². The molecule has 0 aliphatic rings. The van der Waals surface area contributed by atoms with Gasteiger partial charge in [-0.1, -0.05) is 20.8 Å². The van der Waals surface area contributed by atoms with Crippen LogP contribution in [0.4, 0.5) is 0 Å². The molecule has 0 spiro atoms. The fraction of sp³-hybridized carbons (Fsp3) is 0.600. The van der Waals surface area contributed by atoms with Crippen molar-refractivity contribution in [2.75, 3.05) is 0 Å². The molecule has 5 nitrogen and oxygen atoms in total. The Kier molecular flexibility index (Phi) is 2.75. The first-order valence-corrected chi connectivity index (χ1v) is 4.75. The second kappa shape index (κ2) is 3.56. The molecule has 0 bridgehead atoms. The highest BCUT2D eigenvalue weighted by molar-refractivity contribution is 5.88. The molecule has 1 atom stereocenters. The maximum absolute atomic E-state index is 10.7. The highest BCUT2D eigenvalue weighted by atomic mass is 16.4. The lowest BCUT2D eigenvalue weighted by molar-refractivity contribution is 0.0685. The maximum atomic E-state index is 10.7. The summed E-state index contributed by atoms with van der Waals surface area (Å²) in [6.07, 6.45) is 1.35. The molecule has 1 rings (SSSR count). The van der Waals surface area contributed by atoms with Crippen LogP contribution in [-0.4, -0.2) is 26.0 Å². The highest BCUT2D eigenvalue weighted by Gasteiger charge is 2.25. The molecule has 0 aliphatic carbocycles. The van der Waals surface area contributed by atoms with Crippen molar-refractivity contribution in [2.24, 2.45) is 5.41 Å².